The third-order valence-corrected chi connectivity index (χ3v) is 4.50. The first-order valence-electron chi connectivity index (χ1n) is 8.08. The van der Waals surface area contributed by atoms with E-state index in [-0.39, 0.29) is 5.91 Å². The van der Waals surface area contributed by atoms with Crippen molar-refractivity contribution in [3.8, 4) is 11.3 Å². The maximum Gasteiger partial charge on any atom is 0.255 e. The average Bonchev–Trinajstić information content (AvgIpc) is 2.68. The molecule has 0 bridgehead atoms. The molecule has 5 heteroatoms. The Morgan fingerprint density at radius 1 is 0.885 bits per heavy atom. The third-order valence-electron chi connectivity index (χ3n) is 3.97. The van der Waals surface area contributed by atoms with Gasteiger partial charge in [0.25, 0.3) is 5.91 Å². The maximum absolute atomic E-state index is 12.4. The van der Waals surface area contributed by atoms with Crippen LogP contribution >= 0.6 is 15.9 Å². The topological polar surface area (TPSA) is 54.9 Å². The Bertz CT molecular complexity index is 1090. The predicted molar refractivity (Wildman–Crippen MR) is 107 cm³/mol. The van der Waals surface area contributed by atoms with Gasteiger partial charge in [-0.1, -0.05) is 40.2 Å². The molecule has 0 saturated heterocycles. The second kappa shape index (κ2) is 7.06. The molecule has 0 aliphatic rings. The van der Waals surface area contributed by atoms with Crippen LogP contribution in [0.1, 0.15) is 10.4 Å². The molecule has 0 aliphatic carbocycles. The van der Waals surface area contributed by atoms with Gasteiger partial charge in [-0.25, -0.2) is 4.98 Å². The van der Waals surface area contributed by atoms with Crippen LogP contribution in [0.25, 0.3) is 22.3 Å². The van der Waals surface area contributed by atoms with Crippen molar-refractivity contribution < 1.29 is 4.79 Å². The number of para-hydroxylation sites is 2. The fraction of sp³-hybridized carbons (Fsp3) is 0. The van der Waals surface area contributed by atoms with E-state index in [9.17, 15) is 4.79 Å². The van der Waals surface area contributed by atoms with Gasteiger partial charge in [-0.05, 0) is 48.5 Å². The normalized spacial score (nSPS) is 10.7. The standard InChI is InChI=1S/C21H14BrN3O/c22-16-10-8-14(9-11-16)21(26)24-17-5-3-4-15(12-17)20-13-23-18-6-1-2-7-19(18)25-20/h1-13H,(H,24,26). The molecule has 1 amide bonds. The number of carbonyl (C=O) groups excluding carboxylic acids is 1. The summed E-state index contributed by atoms with van der Waals surface area (Å²) in [6.45, 7) is 0. The van der Waals surface area contributed by atoms with Gasteiger partial charge in [0.05, 0.1) is 22.9 Å². The van der Waals surface area contributed by atoms with Gasteiger partial charge in [0.15, 0.2) is 0 Å². The van der Waals surface area contributed by atoms with Crippen LogP contribution in [-0.4, -0.2) is 15.9 Å². The Labute approximate surface area is 159 Å². The zero-order valence-corrected chi connectivity index (χ0v) is 15.3. The van der Waals surface area contributed by atoms with Gasteiger partial charge in [-0.2, -0.15) is 0 Å². The van der Waals surface area contributed by atoms with Crippen molar-refractivity contribution in [2.45, 2.75) is 0 Å². The van der Waals surface area contributed by atoms with Crippen molar-refractivity contribution in [1.29, 1.82) is 0 Å². The highest BCUT2D eigenvalue weighted by Gasteiger charge is 2.08. The van der Waals surface area contributed by atoms with E-state index in [1.165, 1.54) is 0 Å². The quantitative estimate of drug-likeness (QED) is 0.504. The summed E-state index contributed by atoms with van der Waals surface area (Å²) >= 11 is 3.37. The van der Waals surface area contributed by atoms with Gasteiger partial charge in [-0.3, -0.25) is 9.78 Å². The lowest BCUT2D eigenvalue weighted by Crippen LogP contribution is -2.11. The van der Waals surface area contributed by atoms with Crippen molar-refractivity contribution in [2.24, 2.45) is 0 Å². The first-order chi connectivity index (χ1) is 12.7. The van der Waals surface area contributed by atoms with Crippen molar-refractivity contribution in [3.63, 3.8) is 0 Å². The molecular weight excluding hydrogens is 390 g/mol. The van der Waals surface area contributed by atoms with Gasteiger partial charge in [0, 0.05) is 21.3 Å². The van der Waals surface area contributed by atoms with E-state index in [1.54, 1.807) is 18.3 Å². The SMILES string of the molecule is O=C(Nc1cccc(-c2cnc3ccccc3n2)c1)c1ccc(Br)cc1. The molecule has 4 aromatic rings. The number of halogens is 1. The zero-order chi connectivity index (χ0) is 17.9. The molecule has 0 spiro atoms. The van der Waals surface area contributed by atoms with Gasteiger partial charge < -0.3 is 5.32 Å². The molecule has 0 atom stereocenters. The fourth-order valence-corrected chi connectivity index (χ4v) is 2.92. The molecule has 4 rings (SSSR count). The molecule has 4 nitrogen and oxygen atoms in total. The molecule has 0 radical (unpaired) electrons. The molecule has 1 N–H and O–H groups in total. The highest BCUT2D eigenvalue weighted by atomic mass is 79.9. The smallest absolute Gasteiger partial charge is 0.255 e. The third kappa shape index (κ3) is 3.48. The first-order valence-corrected chi connectivity index (χ1v) is 8.87. The number of rotatable bonds is 3. The van der Waals surface area contributed by atoms with Crippen molar-refractivity contribution >= 4 is 38.6 Å². The van der Waals surface area contributed by atoms with E-state index < -0.39 is 0 Å². The zero-order valence-electron chi connectivity index (χ0n) is 13.7. The second-order valence-electron chi connectivity index (χ2n) is 5.79. The molecule has 1 heterocycles. The van der Waals surface area contributed by atoms with Crippen LogP contribution in [0.2, 0.25) is 0 Å². The highest BCUT2D eigenvalue weighted by Crippen LogP contribution is 2.23. The molecule has 0 aliphatic heterocycles. The number of nitrogens with one attached hydrogen (secondary N) is 1. The summed E-state index contributed by atoms with van der Waals surface area (Å²) < 4.78 is 0.936. The summed E-state index contributed by atoms with van der Waals surface area (Å²) in [5.74, 6) is -0.153. The molecule has 1 aromatic heterocycles. The largest absolute Gasteiger partial charge is 0.322 e. The van der Waals surface area contributed by atoms with E-state index in [0.717, 1.165) is 26.8 Å². The average molecular weight is 404 g/mol. The van der Waals surface area contributed by atoms with E-state index in [4.69, 9.17) is 0 Å². The van der Waals surface area contributed by atoms with E-state index in [1.807, 2.05) is 60.7 Å². The summed E-state index contributed by atoms with van der Waals surface area (Å²) in [4.78, 5) is 21.5. The predicted octanol–water partition coefficient (Wildman–Crippen LogP) is 5.31. The Hall–Kier alpha value is -3.05. The van der Waals surface area contributed by atoms with Crippen LogP contribution < -0.4 is 5.32 Å². The Kier molecular flexibility index (Phi) is 4.46. The number of aromatic nitrogens is 2. The van der Waals surface area contributed by atoms with Gasteiger partial charge >= 0.3 is 0 Å². The number of anilines is 1. The molecular formula is C21H14BrN3O. The van der Waals surface area contributed by atoms with Crippen LogP contribution in [0.4, 0.5) is 5.69 Å². The molecule has 26 heavy (non-hydrogen) atoms. The summed E-state index contributed by atoms with van der Waals surface area (Å²) in [5.41, 5.74) is 4.68. The van der Waals surface area contributed by atoms with Crippen LogP contribution in [0.15, 0.2) is 83.5 Å². The minimum Gasteiger partial charge on any atom is -0.322 e. The van der Waals surface area contributed by atoms with Crippen molar-refractivity contribution in [1.82, 2.24) is 9.97 Å². The monoisotopic (exact) mass is 403 g/mol. The summed E-state index contributed by atoms with van der Waals surface area (Å²) in [5, 5.41) is 2.92. The lowest BCUT2D eigenvalue weighted by Gasteiger charge is -2.08. The van der Waals surface area contributed by atoms with Crippen LogP contribution in [0.5, 0.6) is 0 Å². The summed E-state index contributed by atoms with van der Waals surface area (Å²) in [7, 11) is 0. The fourth-order valence-electron chi connectivity index (χ4n) is 2.66. The first kappa shape index (κ1) is 16.4. The number of carbonyl (C=O) groups is 1. The molecule has 0 fully saturated rings. The minimum absolute atomic E-state index is 0.153. The number of hydrogen-bond acceptors (Lipinski definition) is 3. The number of fused-ring (bicyclic) bond motifs is 1. The summed E-state index contributed by atoms with van der Waals surface area (Å²) in [6.07, 6.45) is 1.75. The molecule has 0 saturated carbocycles. The second-order valence-corrected chi connectivity index (χ2v) is 6.70. The molecule has 0 unspecified atom stereocenters. The van der Waals surface area contributed by atoms with Crippen LogP contribution in [0, 0.1) is 0 Å². The number of amides is 1. The Morgan fingerprint density at radius 3 is 2.46 bits per heavy atom. The Morgan fingerprint density at radius 2 is 1.65 bits per heavy atom. The van der Waals surface area contributed by atoms with E-state index in [0.29, 0.717) is 11.3 Å². The number of hydrogen-bond donors (Lipinski definition) is 1. The van der Waals surface area contributed by atoms with Gasteiger partial charge in [0.1, 0.15) is 0 Å². The van der Waals surface area contributed by atoms with Crippen LogP contribution in [-0.2, 0) is 0 Å². The lowest BCUT2D eigenvalue weighted by molar-refractivity contribution is 0.102. The van der Waals surface area contributed by atoms with Gasteiger partial charge in [0.2, 0.25) is 0 Å². The van der Waals surface area contributed by atoms with Crippen LogP contribution in [0.3, 0.4) is 0 Å². The number of nitrogens with zero attached hydrogens (tertiary/aromatic N) is 2. The lowest BCUT2D eigenvalue weighted by atomic mass is 10.1. The molecule has 126 valence electrons. The maximum atomic E-state index is 12.4. The molecule has 3 aromatic carbocycles. The van der Waals surface area contributed by atoms with Crippen molar-refractivity contribution in [3.05, 3.63) is 89.0 Å². The van der Waals surface area contributed by atoms with Crippen molar-refractivity contribution in [2.75, 3.05) is 5.32 Å². The van der Waals surface area contributed by atoms with E-state index in [2.05, 4.69) is 31.2 Å². The van der Waals surface area contributed by atoms with E-state index >= 15 is 0 Å². The minimum atomic E-state index is -0.153. The summed E-state index contributed by atoms with van der Waals surface area (Å²) in [6, 6.07) is 22.6. The Balaban J connectivity index is 1.61. The number of benzene rings is 3. The van der Waals surface area contributed by atoms with Gasteiger partial charge in [-0.15, -0.1) is 0 Å². The highest BCUT2D eigenvalue weighted by molar-refractivity contribution is 9.10.